The maximum absolute atomic E-state index is 3.77. The minimum atomic E-state index is -0.399. The van der Waals surface area contributed by atoms with E-state index in [1.54, 1.807) is 0 Å². The fourth-order valence-corrected chi connectivity index (χ4v) is 16.2. The van der Waals surface area contributed by atoms with E-state index in [1.165, 1.54) is 146 Å². The molecule has 0 unspecified atom stereocenters. The molecule has 1 nitrogen and oxygen atoms in total. The molecule has 412 valence electrons. The average molecular weight is 1350 g/mol. The second-order valence-electron chi connectivity index (χ2n) is 22.9. The van der Waals surface area contributed by atoms with E-state index in [2.05, 4.69) is 374 Å². The second-order valence-corrected chi connectivity index (χ2v) is 26.0. The van der Waals surface area contributed by atoms with Crippen molar-refractivity contribution in [2.45, 2.75) is 17.3 Å². The zero-order valence-electron chi connectivity index (χ0n) is 47.3. The van der Waals surface area contributed by atoms with Crippen molar-refractivity contribution in [1.82, 2.24) is 4.57 Å². The van der Waals surface area contributed by atoms with Crippen LogP contribution in [0.4, 0.5) is 0 Å². The average Bonchev–Trinajstić information content (AvgIpc) is 1.61. The van der Waals surface area contributed by atoms with Gasteiger partial charge in [-0.05, 0) is 183 Å². The molecule has 1 heterocycles. The highest BCUT2D eigenvalue weighted by Crippen LogP contribution is 2.58. The smallest absolute Gasteiger partial charge is 0.0713 e. The molecule has 0 fully saturated rings. The topological polar surface area (TPSA) is 4.93 Å². The molecule has 14 aromatic carbocycles. The molecule has 0 aliphatic heterocycles. The summed E-state index contributed by atoms with van der Waals surface area (Å²) in [7, 11) is 0. The van der Waals surface area contributed by atoms with Gasteiger partial charge in [0.05, 0.1) is 21.9 Å². The Labute approximate surface area is 537 Å². The molecule has 0 bridgehead atoms. The number of benzene rings is 14. The minimum absolute atomic E-state index is 0.265. The van der Waals surface area contributed by atoms with Crippen LogP contribution < -0.4 is 0 Å². The second kappa shape index (κ2) is 21.8. The van der Waals surface area contributed by atoms with Gasteiger partial charge in [-0.2, -0.15) is 0 Å². The molecule has 3 aliphatic rings. The molecule has 0 saturated heterocycles. The summed E-state index contributed by atoms with van der Waals surface area (Å²) >= 11 is 9.74. The van der Waals surface area contributed by atoms with Crippen LogP contribution in [-0.2, 0) is 17.3 Å². The molecule has 18 rings (SSSR count). The van der Waals surface area contributed by atoms with Crippen LogP contribution in [0.1, 0.15) is 55.6 Å². The minimum Gasteiger partial charge on any atom is -0.309 e. The van der Waals surface area contributed by atoms with E-state index in [0.29, 0.717) is 0 Å². The van der Waals surface area contributed by atoms with Crippen molar-refractivity contribution in [2.24, 2.45) is 0 Å². The van der Waals surface area contributed by atoms with Crippen LogP contribution in [0.2, 0.25) is 0 Å². The summed E-state index contributed by atoms with van der Waals surface area (Å²) in [5.41, 5.74) is 24.5. The Hall–Kier alpha value is -8.91. The maximum atomic E-state index is 3.77. The molecule has 0 N–H and O–H groups in total. The quantitative estimate of drug-likeness (QED) is 0.151. The number of rotatable bonds is 5. The molecule has 0 saturated carbocycles. The first-order chi connectivity index (χ1) is 42.9. The summed E-state index contributed by atoms with van der Waals surface area (Å²) in [6, 6.07) is 115. The van der Waals surface area contributed by atoms with Gasteiger partial charge in [0, 0.05) is 34.4 Å². The first-order valence-corrected chi connectivity index (χ1v) is 32.3. The molecule has 0 spiro atoms. The van der Waals surface area contributed by atoms with Gasteiger partial charge in [-0.25, -0.2) is 0 Å². The van der Waals surface area contributed by atoms with E-state index in [9.17, 15) is 0 Å². The summed E-state index contributed by atoms with van der Waals surface area (Å²) in [5, 5.41) is 7.76. The number of fused-ring (bicyclic) bond motifs is 16. The summed E-state index contributed by atoms with van der Waals surface area (Å²) in [5.74, 6) is 0. The fraction of sp³-hybridized carbons (Fsp3) is 0.0361. The number of hydrogen-bond donors (Lipinski definition) is 0. The normalized spacial score (nSPS) is 13.4. The van der Waals surface area contributed by atoms with Crippen molar-refractivity contribution < 1.29 is 0 Å². The van der Waals surface area contributed by atoms with Gasteiger partial charge in [0.1, 0.15) is 0 Å². The first-order valence-electron chi connectivity index (χ1n) is 29.7. The summed E-state index contributed by atoms with van der Waals surface area (Å²) < 4.78 is 5.98. The lowest BCUT2D eigenvalue weighted by Crippen LogP contribution is -2.28. The summed E-state index contributed by atoms with van der Waals surface area (Å²) in [4.78, 5) is 0. The third kappa shape index (κ3) is 8.58. The Morgan fingerprint density at radius 3 is 1.37 bits per heavy atom. The van der Waals surface area contributed by atoms with Gasteiger partial charge in [-0.1, -0.05) is 299 Å². The predicted octanol–water partition coefficient (Wildman–Crippen LogP) is 22.9. The van der Waals surface area contributed by atoms with Crippen LogP contribution in [0.3, 0.4) is 0 Å². The van der Waals surface area contributed by atoms with Crippen molar-refractivity contribution in [3.8, 4) is 39.1 Å². The highest BCUT2D eigenvalue weighted by atomic mass is 127. The van der Waals surface area contributed by atoms with Crippen LogP contribution in [0, 0.1) is 3.57 Å². The molecule has 3 aliphatic carbocycles. The van der Waals surface area contributed by atoms with Crippen molar-refractivity contribution in [2.75, 3.05) is 0 Å². The van der Waals surface area contributed by atoms with Crippen molar-refractivity contribution in [1.29, 1.82) is 0 Å². The highest BCUT2D eigenvalue weighted by molar-refractivity contribution is 14.1. The van der Waals surface area contributed by atoms with Gasteiger partial charge in [0.25, 0.3) is 0 Å². The Balaban J connectivity index is 0.000000117. The lowest BCUT2D eigenvalue weighted by atomic mass is 9.68. The number of halogens is 3. The van der Waals surface area contributed by atoms with Gasteiger partial charge >= 0.3 is 0 Å². The molecular weight excluding hydrogens is 1300 g/mol. The maximum Gasteiger partial charge on any atom is 0.0713 e. The first kappa shape index (κ1) is 53.6. The number of hydrogen-bond acceptors (Lipinski definition) is 0. The zero-order chi connectivity index (χ0) is 58.2. The summed E-state index contributed by atoms with van der Waals surface area (Å²) in [6.45, 7) is 0. The van der Waals surface area contributed by atoms with E-state index in [-0.39, 0.29) is 5.41 Å². The SMILES string of the molecule is Brc1ccc2c(c1)Cc1c-2ccc2ccccc12.Brc1ccc2c3ccc4ccccc4c3n(-c3ccc4c(c3)-c3ccccc3C4(c3ccccc3)c3ccccc3)c2c1.Ic1ccc2c(c1)-c1ccccc1C2(c1ccccc1)c1ccccc1. The van der Waals surface area contributed by atoms with Gasteiger partial charge < -0.3 is 4.57 Å². The van der Waals surface area contributed by atoms with E-state index >= 15 is 0 Å². The Kier molecular flexibility index (Phi) is 13.4. The van der Waals surface area contributed by atoms with E-state index < -0.39 is 5.41 Å². The van der Waals surface area contributed by atoms with Crippen LogP contribution in [-0.4, -0.2) is 4.57 Å². The Morgan fingerprint density at radius 1 is 0.310 bits per heavy atom. The summed E-state index contributed by atoms with van der Waals surface area (Å²) in [6.07, 6.45) is 1.05. The molecule has 15 aromatic rings. The Morgan fingerprint density at radius 2 is 0.759 bits per heavy atom. The van der Waals surface area contributed by atoms with Crippen LogP contribution in [0.15, 0.2) is 324 Å². The highest BCUT2D eigenvalue weighted by Gasteiger charge is 2.47. The molecule has 0 amide bonds. The molecule has 4 heteroatoms. The van der Waals surface area contributed by atoms with E-state index in [4.69, 9.17) is 0 Å². The van der Waals surface area contributed by atoms with Crippen LogP contribution >= 0.6 is 54.5 Å². The van der Waals surface area contributed by atoms with E-state index in [0.717, 1.165) is 10.9 Å². The number of nitrogens with zero attached hydrogens (tertiary/aromatic N) is 1. The Bertz CT molecular complexity index is 5090. The third-order valence-corrected chi connectivity index (χ3v) is 20.2. The molecule has 87 heavy (non-hydrogen) atoms. The monoisotopic (exact) mass is 1350 g/mol. The third-order valence-electron chi connectivity index (χ3n) is 18.5. The zero-order valence-corrected chi connectivity index (χ0v) is 52.6. The molecule has 0 radical (unpaired) electrons. The van der Waals surface area contributed by atoms with Crippen molar-refractivity contribution in [3.63, 3.8) is 0 Å². The fourth-order valence-electron chi connectivity index (χ4n) is 15.0. The van der Waals surface area contributed by atoms with Gasteiger partial charge in [-0.3, -0.25) is 0 Å². The van der Waals surface area contributed by atoms with Crippen molar-refractivity contribution in [3.05, 3.63) is 384 Å². The predicted molar refractivity (Wildman–Crippen MR) is 380 cm³/mol. The van der Waals surface area contributed by atoms with Crippen LogP contribution in [0.25, 0.3) is 82.4 Å². The van der Waals surface area contributed by atoms with Gasteiger partial charge in [0.2, 0.25) is 0 Å². The largest absolute Gasteiger partial charge is 0.309 e. The lowest BCUT2D eigenvalue weighted by molar-refractivity contribution is 0.768. The number of aromatic nitrogens is 1. The molecule has 0 atom stereocenters. The molecule has 1 aromatic heterocycles. The van der Waals surface area contributed by atoms with E-state index in [1.807, 2.05) is 0 Å². The van der Waals surface area contributed by atoms with Crippen molar-refractivity contribution >= 4 is 97.8 Å². The molecular formula is C83H54Br2IN. The van der Waals surface area contributed by atoms with Gasteiger partial charge in [-0.15, -0.1) is 0 Å². The van der Waals surface area contributed by atoms with Crippen LogP contribution in [0.5, 0.6) is 0 Å². The lowest BCUT2D eigenvalue weighted by Gasteiger charge is -2.33. The van der Waals surface area contributed by atoms with Gasteiger partial charge in [0.15, 0.2) is 0 Å². The standard InChI is InChI=1S/C41H26BrN.C25H17I.C17H11Br/c42-30-20-23-34-35-22-19-27-11-7-8-16-32(27)40(35)43(39(34)25-30)31-21-24-38-36(26-31)33-17-9-10-18-37(33)41(38,28-12-3-1-4-13-28)29-14-5-2-6-15-29;26-20-15-16-24-22(17-20)21-13-7-8-14-23(21)25(24,18-9-3-1-4-10-18)19-11-5-2-6-12-19;18-13-6-8-15-12(9-13)10-17-14-4-2-1-3-11(14)5-7-16(15)17/h1-26H;1-17H;1-9H,10H2.